The fourth-order valence-electron chi connectivity index (χ4n) is 5.46. The minimum Gasteiger partial charge on any atom is -0.361 e. The van der Waals surface area contributed by atoms with E-state index in [9.17, 15) is 9.59 Å². The third-order valence-corrected chi connectivity index (χ3v) is 9.87. The Balaban J connectivity index is 0.000000223. The molecule has 0 saturated heterocycles. The average molecular weight is 785 g/mol. The Labute approximate surface area is 328 Å². The highest BCUT2D eigenvalue weighted by Crippen LogP contribution is 2.26. The van der Waals surface area contributed by atoms with Gasteiger partial charge in [0.25, 0.3) is 11.8 Å². The minimum absolute atomic E-state index is 0.181. The number of fused-ring (bicyclic) bond motifs is 2. The number of nitrogens with zero attached hydrogens (tertiary/aromatic N) is 9. The van der Waals surface area contributed by atoms with Gasteiger partial charge in [0.15, 0.2) is 22.9 Å². The number of nitrogens with one attached hydrogen (secondary N) is 5. The smallest absolute Gasteiger partial charge is 0.255 e. The maximum absolute atomic E-state index is 13.0. The Bertz CT molecular complexity index is 2330. The highest BCUT2D eigenvalue weighted by Gasteiger charge is 2.24. The van der Waals surface area contributed by atoms with E-state index in [1.54, 1.807) is 34.2 Å². The van der Waals surface area contributed by atoms with Gasteiger partial charge in [-0.15, -0.1) is 0 Å². The molecule has 0 unspecified atom stereocenters. The number of hydrogen-bond donors (Lipinski definition) is 5. The second kappa shape index (κ2) is 16.2. The fraction of sp³-hybridized carbons (Fsp3) is 0.474. The quantitative estimate of drug-likeness (QED) is 0.0727. The zero-order chi connectivity index (χ0) is 41.2. The van der Waals surface area contributed by atoms with Crippen molar-refractivity contribution in [3.05, 3.63) is 59.7 Å². The van der Waals surface area contributed by atoms with Crippen LogP contribution in [0.4, 0.5) is 23.0 Å². The number of anilines is 4. The number of amides is 2. The number of aryl methyl sites for hydroxylation is 4. The highest BCUT2D eigenvalue weighted by atomic mass is 28.3. The van der Waals surface area contributed by atoms with Crippen molar-refractivity contribution in [3.63, 3.8) is 0 Å². The van der Waals surface area contributed by atoms with Crippen molar-refractivity contribution < 1.29 is 14.3 Å². The Morgan fingerprint density at radius 2 is 1.27 bits per heavy atom. The molecule has 18 heteroatoms. The first-order valence-electron chi connectivity index (χ1n) is 18.5. The number of ether oxygens (including phenoxy) is 1. The van der Waals surface area contributed by atoms with Crippen LogP contribution >= 0.6 is 0 Å². The van der Waals surface area contributed by atoms with Gasteiger partial charge in [-0.25, -0.2) is 19.9 Å². The summed E-state index contributed by atoms with van der Waals surface area (Å²) in [5, 5.41) is 20.7. The van der Waals surface area contributed by atoms with Crippen LogP contribution in [0.3, 0.4) is 0 Å². The molecule has 0 bridgehead atoms. The number of carbonyl (C=O) groups is 2. The SMILES string of the molecule is Cc1nc2[nH]cc(C(=O)NC(C)(C)C)c2nc1Nc1cnn(C)c1.Cc1nc2c(nc1Nc1cnn(C)c1)c(C(=O)NC(C)(C)C)cn2COCC[Si](C)(C)C. The summed E-state index contributed by atoms with van der Waals surface area (Å²) in [6.07, 6.45) is 10.5. The first kappa shape index (κ1) is 41.5. The third kappa shape index (κ3) is 11.0. The van der Waals surface area contributed by atoms with Gasteiger partial charge in [0.2, 0.25) is 0 Å². The number of aromatic nitrogens is 10. The summed E-state index contributed by atoms with van der Waals surface area (Å²) >= 11 is 0. The zero-order valence-corrected chi connectivity index (χ0v) is 35.8. The second-order valence-electron chi connectivity index (χ2n) is 17.2. The maximum Gasteiger partial charge on any atom is 0.255 e. The van der Waals surface area contributed by atoms with Crippen LogP contribution < -0.4 is 21.3 Å². The van der Waals surface area contributed by atoms with Gasteiger partial charge in [0.05, 0.1) is 46.3 Å². The molecule has 2 amide bonds. The lowest BCUT2D eigenvalue weighted by Gasteiger charge is -2.20. The molecule has 0 aliphatic rings. The van der Waals surface area contributed by atoms with Gasteiger partial charge in [-0.1, -0.05) is 19.6 Å². The van der Waals surface area contributed by atoms with Crippen molar-refractivity contribution in [1.82, 2.24) is 59.7 Å². The van der Waals surface area contributed by atoms with Crippen LogP contribution in [0.5, 0.6) is 0 Å². The summed E-state index contributed by atoms with van der Waals surface area (Å²) in [5.41, 5.74) is 5.63. The summed E-state index contributed by atoms with van der Waals surface area (Å²) in [7, 11) is 2.51. The highest BCUT2D eigenvalue weighted by molar-refractivity contribution is 6.76. The van der Waals surface area contributed by atoms with Crippen molar-refractivity contribution >= 4 is 65.2 Å². The molecule has 6 rings (SSSR count). The van der Waals surface area contributed by atoms with E-state index in [1.165, 1.54) is 0 Å². The van der Waals surface area contributed by atoms with Crippen LogP contribution in [-0.4, -0.2) is 86.6 Å². The Morgan fingerprint density at radius 3 is 1.77 bits per heavy atom. The molecule has 6 aromatic rings. The summed E-state index contributed by atoms with van der Waals surface area (Å²) in [4.78, 5) is 47.1. The van der Waals surface area contributed by atoms with Gasteiger partial charge in [0, 0.05) is 64.6 Å². The lowest BCUT2D eigenvalue weighted by atomic mass is 10.1. The average Bonchev–Trinajstić information content (AvgIpc) is 3.85. The van der Waals surface area contributed by atoms with E-state index < -0.39 is 8.07 Å². The van der Waals surface area contributed by atoms with Gasteiger partial charge in [-0.05, 0) is 61.4 Å². The summed E-state index contributed by atoms with van der Waals surface area (Å²) in [5.74, 6) is 0.820. The predicted octanol–water partition coefficient (Wildman–Crippen LogP) is 6.33. The van der Waals surface area contributed by atoms with Crippen molar-refractivity contribution in [2.24, 2.45) is 14.1 Å². The molecule has 300 valence electrons. The molecule has 17 nitrogen and oxygen atoms in total. The molecule has 0 saturated carbocycles. The van der Waals surface area contributed by atoms with E-state index in [4.69, 9.17) is 14.7 Å². The molecule has 0 atom stereocenters. The number of aromatic amines is 1. The van der Waals surface area contributed by atoms with Crippen LogP contribution in [0.25, 0.3) is 22.3 Å². The van der Waals surface area contributed by atoms with Gasteiger partial charge in [-0.2, -0.15) is 10.2 Å². The standard InChI is InChI=1S/C22H35N7O2Si.C16H21N7O/c1-15-19(25-16-11-23-28(5)12-16)26-18-17(21(30)27-22(2,3)4)13-29(20(18)24-15)14-31-9-10-32(6,7)8;1-9-13(20-10-6-18-23(5)8-10)21-12-11(7-17-14(12)19-9)15(24)22-16(2,3)4/h11-13H,9-10,14H2,1-8H3,(H,25,26)(H,27,30);6-8H,1-5H3,(H,17,19)(H,20,21)(H,22,24). The van der Waals surface area contributed by atoms with Crippen molar-refractivity contribution in [3.8, 4) is 0 Å². The maximum atomic E-state index is 13.0. The zero-order valence-electron chi connectivity index (χ0n) is 34.8. The Morgan fingerprint density at radius 1 is 0.750 bits per heavy atom. The monoisotopic (exact) mass is 784 g/mol. The van der Waals surface area contributed by atoms with Crippen LogP contribution in [0.1, 0.15) is 73.6 Å². The molecule has 0 fully saturated rings. The van der Waals surface area contributed by atoms with E-state index in [2.05, 4.69) is 66.1 Å². The van der Waals surface area contributed by atoms with Crippen LogP contribution in [0.15, 0.2) is 37.2 Å². The molecular weight excluding hydrogens is 729 g/mol. The summed E-state index contributed by atoms with van der Waals surface area (Å²) in [6, 6.07) is 1.08. The van der Waals surface area contributed by atoms with E-state index in [0.29, 0.717) is 58.4 Å². The lowest BCUT2D eigenvalue weighted by molar-refractivity contribution is 0.0884. The van der Waals surface area contributed by atoms with Crippen LogP contribution in [-0.2, 0) is 25.6 Å². The molecule has 0 aliphatic carbocycles. The van der Waals surface area contributed by atoms with E-state index >= 15 is 0 Å². The predicted molar refractivity (Wildman–Crippen MR) is 222 cm³/mol. The van der Waals surface area contributed by atoms with Crippen LogP contribution in [0.2, 0.25) is 25.7 Å². The largest absolute Gasteiger partial charge is 0.361 e. The van der Waals surface area contributed by atoms with Crippen molar-refractivity contribution in [1.29, 1.82) is 0 Å². The molecule has 5 N–H and O–H groups in total. The first-order chi connectivity index (χ1) is 26.0. The summed E-state index contributed by atoms with van der Waals surface area (Å²) < 4.78 is 11.2. The molecule has 56 heavy (non-hydrogen) atoms. The Hall–Kier alpha value is -5.62. The molecule has 0 aromatic carbocycles. The van der Waals surface area contributed by atoms with Crippen molar-refractivity contribution in [2.75, 3.05) is 17.2 Å². The topological polar surface area (TPSA) is 199 Å². The fourth-order valence-corrected chi connectivity index (χ4v) is 6.22. The number of hydrogen-bond acceptors (Lipinski definition) is 11. The van der Waals surface area contributed by atoms with E-state index in [-0.39, 0.29) is 22.9 Å². The molecule has 0 aliphatic heterocycles. The molecule has 0 radical (unpaired) electrons. The lowest BCUT2D eigenvalue weighted by Crippen LogP contribution is -2.40. The normalized spacial score (nSPS) is 12.1. The second-order valence-corrected chi connectivity index (χ2v) is 22.8. The third-order valence-electron chi connectivity index (χ3n) is 8.17. The van der Waals surface area contributed by atoms with E-state index in [0.717, 1.165) is 28.8 Å². The van der Waals surface area contributed by atoms with Crippen LogP contribution in [0, 0.1) is 13.8 Å². The van der Waals surface area contributed by atoms with Gasteiger partial charge in [0.1, 0.15) is 17.8 Å². The Kier molecular flexibility index (Phi) is 12.0. The summed E-state index contributed by atoms with van der Waals surface area (Å²) in [6.45, 7) is 23.4. The number of H-pyrrole nitrogens is 1. The number of carbonyl (C=O) groups excluding carboxylic acids is 2. The first-order valence-corrected chi connectivity index (χ1v) is 22.2. The number of rotatable bonds is 11. The van der Waals surface area contributed by atoms with E-state index in [1.807, 2.05) is 86.4 Å². The molecular formula is C38H56N14O3Si. The molecule has 6 aromatic heterocycles. The van der Waals surface area contributed by atoms with Gasteiger partial charge < -0.3 is 35.6 Å². The minimum atomic E-state index is -1.18. The van der Waals surface area contributed by atoms with Gasteiger partial charge >= 0.3 is 0 Å². The molecule has 6 heterocycles. The van der Waals surface area contributed by atoms with Crippen molar-refractivity contribution in [2.45, 2.75) is 98.9 Å². The molecule has 0 spiro atoms. The van der Waals surface area contributed by atoms with Gasteiger partial charge in [-0.3, -0.25) is 19.0 Å².